The van der Waals surface area contributed by atoms with Gasteiger partial charge in [0.25, 0.3) is 0 Å². The van der Waals surface area contributed by atoms with Gasteiger partial charge in [-0.05, 0) is 12.1 Å². The van der Waals surface area contributed by atoms with E-state index < -0.39 is 5.82 Å². The molecule has 2 aromatic rings. The number of terminal acetylenes is 1. The highest BCUT2D eigenvalue weighted by Gasteiger charge is 2.15. The van der Waals surface area contributed by atoms with Crippen molar-refractivity contribution in [1.82, 2.24) is 9.97 Å². The number of nitrogens with zero attached hydrogens (tertiary/aromatic N) is 3. The molecule has 2 aromatic heterocycles. The van der Waals surface area contributed by atoms with Gasteiger partial charge in [-0.3, -0.25) is 9.93 Å². The third kappa shape index (κ3) is 3.51. The molecule has 0 atom stereocenters. The lowest BCUT2D eigenvalue weighted by atomic mass is 10.2. The normalized spacial score (nSPS) is 9.95. The van der Waals surface area contributed by atoms with E-state index in [0.29, 0.717) is 21.6 Å². The van der Waals surface area contributed by atoms with Crippen molar-refractivity contribution in [3.05, 3.63) is 40.9 Å². The SMILES string of the molecule is C#Cc1ccnc(NSN(O)c2cc(Cl)cnc2OC)c1F. The van der Waals surface area contributed by atoms with Crippen LogP contribution in [0, 0.1) is 18.2 Å². The number of aromatic nitrogens is 2. The fourth-order valence-corrected chi connectivity index (χ4v) is 2.17. The van der Waals surface area contributed by atoms with Crippen LogP contribution in [0.1, 0.15) is 5.56 Å². The molecule has 0 bridgehead atoms. The lowest BCUT2D eigenvalue weighted by molar-refractivity contribution is 0.321. The van der Waals surface area contributed by atoms with Crippen molar-refractivity contribution >= 4 is 35.2 Å². The van der Waals surface area contributed by atoms with Crippen molar-refractivity contribution in [2.75, 3.05) is 16.3 Å². The van der Waals surface area contributed by atoms with Crippen molar-refractivity contribution in [3.8, 4) is 18.2 Å². The maximum atomic E-state index is 13.9. The van der Waals surface area contributed by atoms with Crippen molar-refractivity contribution < 1.29 is 14.3 Å². The van der Waals surface area contributed by atoms with Gasteiger partial charge in [-0.2, -0.15) is 4.47 Å². The zero-order valence-corrected chi connectivity index (χ0v) is 12.8. The molecule has 22 heavy (non-hydrogen) atoms. The molecule has 0 amide bonds. The molecule has 0 saturated carbocycles. The molecule has 0 aliphatic carbocycles. The Balaban J connectivity index is 2.16. The van der Waals surface area contributed by atoms with E-state index in [9.17, 15) is 9.60 Å². The number of hydrogen-bond acceptors (Lipinski definition) is 7. The largest absolute Gasteiger partial charge is 0.479 e. The predicted octanol–water partition coefficient (Wildman–Crippen LogP) is 3.13. The quantitative estimate of drug-likeness (QED) is 0.492. The zero-order valence-electron chi connectivity index (χ0n) is 11.2. The first kappa shape index (κ1) is 16.2. The number of pyridine rings is 2. The highest BCUT2D eigenvalue weighted by molar-refractivity contribution is 8.01. The minimum Gasteiger partial charge on any atom is -0.479 e. The number of ether oxygens (including phenoxy) is 1. The van der Waals surface area contributed by atoms with Crippen molar-refractivity contribution in [3.63, 3.8) is 0 Å². The fourth-order valence-electron chi connectivity index (χ4n) is 1.47. The molecule has 0 spiro atoms. The van der Waals surface area contributed by atoms with Gasteiger partial charge in [0.05, 0.1) is 29.8 Å². The summed E-state index contributed by atoms with van der Waals surface area (Å²) in [6.45, 7) is 0. The van der Waals surface area contributed by atoms with Crippen LogP contribution < -0.4 is 13.9 Å². The van der Waals surface area contributed by atoms with Gasteiger partial charge in [-0.1, -0.05) is 17.5 Å². The van der Waals surface area contributed by atoms with Crippen LogP contribution in [0.3, 0.4) is 0 Å². The van der Waals surface area contributed by atoms with Crippen LogP contribution in [0.15, 0.2) is 24.5 Å². The molecular weight excluding hydrogens is 331 g/mol. The summed E-state index contributed by atoms with van der Waals surface area (Å²) < 4.78 is 22.1. The van der Waals surface area contributed by atoms with Gasteiger partial charge in [-0.15, -0.1) is 6.42 Å². The third-order valence-corrected chi connectivity index (χ3v) is 3.33. The van der Waals surface area contributed by atoms with E-state index in [1.807, 2.05) is 0 Å². The number of rotatable bonds is 5. The van der Waals surface area contributed by atoms with Crippen LogP contribution in [-0.2, 0) is 0 Å². The van der Waals surface area contributed by atoms with Gasteiger partial charge in [0, 0.05) is 12.4 Å². The first-order valence-electron chi connectivity index (χ1n) is 5.79. The van der Waals surface area contributed by atoms with Crippen LogP contribution in [0.25, 0.3) is 0 Å². The zero-order chi connectivity index (χ0) is 16.1. The lowest BCUT2D eigenvalue weighted by Crippen LogP contribution is -2.13. The Morgan fingerprint density at radius 2 is 2.32 bits per heavy atom. The van der Waals surface area contributed by atoms with E-state index in [4.69, 9.17) is 22.8 Å². The summed E-state index contributed by atoms with van der Waals surface area (Å²) in [6.07, 6.45) is 7.89. The average Bonchev–Trinajstić information content (AvgIpc) is 2.53. The van der Waals surface area contributed by atoms with Gasteiger partial charge >= 0.3 is 0 Å². The Morgan fingerprint density at radius 3 is 3.00 bits per heavy atom. The molecule has 0 aliphatic rings. The standard InChI is InChI=1S/C13H10ClFN4O2S/c1-3-8-4-5-16-12(11(8)15)18-22-19(20)10-6-9(14)7-17-13(10)21-2/h1,4-7,20H,2H3,(H,16,18). The molecule has 2 N–H and O–H groups in total. The maximum absolute atomic E-state index is 13.9. The average molecular weight is 341 g/mol. The smallest absolute Gasteiger partial charge is 0.240 e. The number of hydrogen-bond donors (Lipinski definition) is 2. The predicted molar refractivity (Wildman–Crippen MR) is 83.4 cm³/mol. The second-order valence-corrected chi connectivity index (χ2v) is 4.98. The molecule has 2 rings (SSSR count). The van der Waals surface area contributed by atoms with Crippen LogP contribution in [0.2, 0.25) is 5.02 Å². The van der Waals surface area contributed by atoms with Crippen LogP contribution >= 0.6 is 23.7 Å². The Kier molecular flexibility index (Phi) is 5.27. The van der Waals surface area contributed by atoms with E-state index in [2.05, 4.69) is 20.6 Å². The molecule has 114 valence electrons. The summed E-state index contributed by atoms with van der Waals surface area (Å²) in [5.74, 6) is 1.53. The topological polar surface area (TPSA) is 70.5 Å². The van der Waals surface area contributed by atoms with E-state index in [-0.39, 0.29) is 22.9 Å². The summed E-state index contributed by atoms with van der Waals surface area (Å²) in [5.41, 5.74) is 0.241. The van der Waals surface area contributed by atoms with Crippen LogP contribution in [0.5, 0.6) is 5.88 Å². The second-order valence-electron chi connectivity index (χ2n) is 3.81. The minimum atomic E-state index is -0.693. The lowest BCUT2D eigenvalue weighted by Gasteiger charge is -2.17. The van der Waals surface area contributed by atoms with Gasteiger partial charge in [0.15, 0.2) is 11.6 Å². The Bertz CT molecular complexity index is 726. The molecule has 0 aromatic carbocycles. The van der Waals surface area contributed by atoms with Crippen molar-refractivity contribution in [2.24, 2.45) is 0 Å². The van der Waals surface area contributed by atoms with E-state index in [1.165, 1.54) is 31.6 Å². The number of halogens is 2. The monoisotopic (exact) mass is 340 g/mol. The maximum Gasteiger partial charge on any atom is 0.240 e. The summed E-state index contributed by atoms with van der Waals surface area (Å²) in [5, 5.41) is 10.3. The summed E-state index contributed by atoms with van der Waals surface area (Å²) >= 11 is 6.46. The summed E-state index contributed by atoms with van der Waals surface area (Å²) in [4.78, 5) is 7.70. The molecule has 9 heteroatoms. The Morgan fingerprint density at radius 1 is 1.55 bits per heavy atom. The molecule has 0 fully saturated rings. The summed E-state index contributed by atoms with van der Waals surface area (Å²) in [7, 11) is 1.39. The first-order chi connectivity index (χ1) is 10.6. The van der Waals surface area contributed by atoms with Gasteiger partial charge in [-0.25, -0.2) is 14.4 Å². The third-order valence-electron chi connectivity index (χ3n) is 2.47. The van der Waals surface area contributed by atoms with Crippen LogP contribution in [0.4, 0.5) is 15.9 Å². The first-order valence-corrected chi connectivity index (χ1v) is 6.94. The Labute approximate surface area is 135 Å². The van der Waals surface area contributed by atoms with E-state index >= 15 is 0 Å². The fraction of sp³-hybridized carbons (Fsp3) is 0.0769. The minimum absolute atomic E-state index is 0.0598. The number of methoxy groups -OCH3 is 1. The van der Waals surface area contributed by atoms with Crippen molar-refractivity contribution in [2.45, 2.75) is 0 Å². The molecule has 2 heterocycles. The van der Waals surface area contributed by atoms with E-state index in [1.54, 1.807) is 0 Å². The van der Waals surface area contributed by atoms with Crippen molar-refractivity contribution in [1.29, 1.82) is 0 Å². The van der Waals surface area contributed by atoms with Crippen LogP contribution in [-0.4, -0.2) is 22.3 Å². The van der Waals surface area contributed by atoms with Gasteiger partial charge in [0.1, 0.15) is 5.69 Å². The highest BCUT2D eigenvalue weighted by Crippen LogP contribution is 2.32. The number of anilines is 2. The Hall–Kier alpha value is -2.21. The molecule has 0 radical (unpaired) electrons. The molecule has 6 nitrogen and oxygen atoms in total. The van der Waals surface area contributed by atoms with Gasteiger partial charge < -0.3 is 4.74 Å². The number of nitrogens with one attached hydrogen (secondary N) is 1. The summed E-state index contributed by atoms with van der Waals surface area (Å²) in [6, 6.07) is 2.80. The second kappa shape index (κ2) is 7.17. The highest BCUT2D eigenvalue weighted by atomic mass is 35.5. The molecule has 0 unspecified atom stereocenters. The molecule has 0 saturated heterocycles. The molecular formula is C13H10ClFN4O2S. The molecule has 0 aliphatic heterocycles. The van der Waals surface area contributed by atoms with Gasteiger partial charge in [0.2, 0.25) is 5.88 Å². The van der Waals surface area contributed by atoms with E-state index in [0.717, 1.165) is 0 Å².